The van der Waals surface area contributed by atoms with Crippen LogP contribution < -0.4 is 4.90 Å². The number of carbonyl (C=O) groups excluding carboxylic acids is 2. The van der Waals surface area contributed by atoms with Crippen LogP contribution in [0, 0.1) is 0 Å². The molecule has 1 aromatic carbocycles. The number of rotatable bonds is 3. The number of benzene rings is 1. The molecule has 10 heteroatoms. The van der Waals surface area contributed by atoms with Gasteiger partial charge >= 0.3 is 6.03 Å². The van der Waals surface area contributed by atoms with Crippen LogP contribution in [0.5, 0.6) is 0 Å². The largest absolute Gasteiger partial charge is 0.384 e. The van der Waals surface area contributed by atoms with Gasteiger partial charge in [-0.2, -0.15) is 5.10 Å². The molecule has 2 aliphatic heterocycles. The SMILES string of the molecule is C[C@H](O)C(=O)N1CCC(N2C(=O)N(C)Cc3cnc4ccc(-c5ccc6[nH]ncc6c5)nc4c32)CC1. The van der Waals surface area contributed by atoms with Gasteiger partial charge in [0.1, 0.15) is 11.6 Å². The van der Waals surface area contributed by atoms with Gasteiger partial charge in [0.05, 0.1) is 35.2 Å². The lowest BCUT2D eigenvalue weighted by molar-refractivity contribution is -0.140. The predicted molar refractivity (Wildman–Crippen MR) is 135 cm³/mol. The number of fused-ring (bicyclic) bond motifs is 4. The number of likely N-dealkylation sites (tertiary alicyclic amines) is 1. The summed E-state index contributed by atoms with van der Waals surface area (Å²) in [5.74, 6) is -0.272. The van der Waals surface area contributed by atoms with Crippen LogP contribution in [0.1, 0.15) is 25.3 Å². The molecule has 6 rings (SSSR count). The van der Waals surface area contributed by atoms with Crippen molar-refractivity contribution in [3.63, 3.8) is 0 Å². The molecule has 0 radical (unpaired) electrons. The maximum Gasteiger partial charge on any atom is 0.324 e. The lowest BCUT2D eigenvalue weighted by Gasteiger charge is -2.43. The molecule has 184 valence electrons. The second kappa shape index (κ2) is 8.56. The van der Waals surface area contributed by atoms with Crippen molar-refractivity contribution < 1.29 is 14.7 Å². The first-order valence-corrected chi connectivity index (χ1v) is 12.1. The summed E-state index contributed by atoms with van der Waals surface area (Å²) in [6.45, 7) is 2.92. The van der Waals surface area contributed by atoms with Crippen molar-refractivity contribution in [1.29, 1.82) is 0 Å². The minimum absolute atomic E-state index is 0.0812. The number of aromatic nitrogens is 4. The third kappa shape index (κ3) is 3.65. The number of hydrogen-bond donors (Lipinski definition) is 2. The van der Waals surface area contributed by atoms with Crippen molar-refractivity contribution in [3.05, 3.63) is 48.3 Å². The molecule has 1 fully saturated rings. The Hall–Kier alpha value is -4.05. The van der Waals surface area contributed by atoms with Crippen LogP contribution in [0.4, 0.5) is 10.5 Å². The van der Waals surface area contributed by atoms with E-state index in [0.717, 1.165) is 38.9 Å². The van der Waals surface area contributed by atoms with Gasteiger partial charge in [-0.25, -0.2) is 9.78 Å². The van der Waals surface area contributed by atoms with Gasteiger partial charge in [-0.1, -0.05) is 6.07 Å². The Morgan fingerprint density at radius 1 is 1.17 bits per heavy atom. The van der Waals surface area contributed by atoms with Crippen LogP contribution in [0.25, 0.3) is 33.2 Å². The standard InChI is InChI=1S/C26H27N7O3/c1-15(34)25(35)32-9-7-19(8-10-32)33-24-18(14-31(2)26(33)36)12-27-22-6-5-20(29-23(22)24)16-3-4-21-17(11-16)13-28-30-21/h3-6,11-13,15,19,34H,7-10,14H2,1-2H3,(H,28,30)/t15-/m0/s1. The minimum atomic E-state index is -1.02. The average molecular weight is 486 g/mol. The quantitative estimate of drug-likeness (QED) is 0.461. The molecule has 10 nitrogen and oxygen atoms in total. The van der Waals surface area contributed by atoms with Gasteiger partial charge in [0.15, 0.2) is 0 Å². The normalized spacial score (nSPS) is 17.6. The van der Waals surface area contributed by atoms with Crippen LogP contribution in [-0.4, -0.2) is 79.3 Å². The molecule has 3 aromatic heterocycles. The molecule has 0 saturated carbocycles. The summed E-state index contributed by atoms with van der Waals surface area (Å²) in [5.41, 5.74) is 5.88. The lowest BCUT2D eigenvalue weighted by Crippen LogP contribution is -2.55. The maximum absolute atomic E-state index is 13.5. The van der Waals surface area contributed by atoms with Crippen molar-refractivity contribution in [2.75, 3.05) is 25.0 Å². The highest BCUT2D eigenvalue weighted by molar-refractivity contribution is 6.04. The Morgan fingerprint density at radius 2 is 1.97 bits per heavy atom. The van der Waals surface area contributed by atoms with Crippen LogP contribution in [-0.2, 0) is 11.3 Å². The summed E-state index contributed by atoms with van der Waals surface area (Å²) < 4.78 is 0. The number of anilines is 1. The van der Waals surface area contributed by atoms with Crippen LogP contribution in [0.15, 0.2) is 42.7 Å². The molecule has 2 N–H and O–H groups in total. The number of pyridine rings is 2. The zero-order valence-corrected chi connectivity index (χ0v) is 20.2. The fourth-order valence-electron chi connectivity index (χ4n) is 5.29. The third-order valence-electron chi connectivity index (χ3n) is 7.18. The maximum atomic E-state index is 13.5. The van der Waals surface area contributed by atoms with Crippen LogP contribution in [0.3, 0.4) is 0 Å². The highest BCUT2D eigenvalue weighted by Crippen LogP contribution is 2.38. The van der Waals surface area contributed by atoms with Crippen LogP contribution in [0.2, 0.25) is 0 Å². The Balaban J connectivity index is 1.42. The number of amides is 3. The van der Waals surface area contributed by atoms with Gasteiger partial charge in [-0.05, 0) is 44.0 Å². The summed E-state index contributed by atoms with van der Waals surface area (Å²) in [6, 6.07) is 9.75. The van der Waals surface area contributed by atoms with Crippen LogP contribution >= 0.6 is 0 Å². The van der Waals surface area contributed by atoms with Gasteiger partial charge in [-0.3, -0.25) is 19.8 Å². The van der Waals surface area contributed by atoms with E-state index in [-0.39, 0.29) is 18.0 Å². The van der Waals surface area contributed by atoms with E-state index >= 15 is 0 Å². The Bertz CT molecular complexity index is 1490. The molecule has 0 bridgehead atoms. The number of nitrogens with one attached hydrogen (secondary N) is 1. The van der Waals surface area contributed by atoms with Gasteiger partial charge < -0.3 is 14.9 Å². The van der Waals surface area contributed by atoms with E-state index in [1.165, 1.54) is 6.92 Å². The molecule has 0 unspecified atom stereocenters. The zero-order chi connectivity index (χ0) is 25.0. The Labute approximate surface area is 207 Å². The summed E-state index contributed by atoms with van der Waals surface area (Å²) in [5, 5.41) is 17.8. The van der Waals surface area contributed by atoms with Crippen molar-refractivity contribution >= 4 is 39.6 Å². The van der Waals surface area contributed by atoms with E-state index in [1.807, 2.05) is 41.4 Å². The predicted octanol–water partition coefficient (Wildman–Crippen LogP) is 2.92. The fourth-order valence-corrected chi connectivity index (χ4v) is 5.29. The topological polar surface area (TPSA) is 119 Å². The molecular weight excluding hydrogens is 458 g/mol. The fraction of sp³-hybridized carbons (Fsp3) is 0.346. The van der Waals surface area contributed by atoms with E-state index in [9.17, 15) is 14.7 Å². The average Bonchev–Trinajstić information content (AvgIpc) is 3.37. The van der Waals surface area contributed by atoms with Gasteiger partial charge in [0, 0.05) is 48.9 Å². The number of hydrogen-bond acceptors (Lipinski definition) is 6. The molecule has 5 heterocycles. The number of piperidine rings is 1. The number of aliphatic hydroxyl groups is 1. The molecule has 36 heavy (non-hydrogen) atoms. The highest BCUT2D eigenvalue weighted by atomic mass is 16.3. The van der Waals surface area contributed by atoms with Crippen molar-refractivity contribution in [2.45, 2.75) is 38.5 Å². The molecule has 0 aliphatic carbocycles. The van der Waals surface area contributed by atoms with E-state index < -0.39 is 6.10 Å². The molecule has 3 amide bonds. The second-order valence-electron chi connectivity index (χ2n) is 9.61. The zero-order valence-electron chi connectivity index (χ0n) is 20.2. The monoisotopic (exact) mass is 485 g/mol. The number of carbonyl (C=O) groups is 2. The minimum Gasteiger partial charge on any atom is -0.384 e. The first-order chi connectivity index (χ1) is 17.4. The molecule has 2 aliphatic rings. The Kier molecular flexibility index (Phi) is 5.33. The third-order valence-corrected chi connectivity index (χ3v) is 7.18. The number of aromatic amines is 1. The van der Waals surface area contributed by atoms with E-state index in [0.29, 0.717) is 38.0 Å². The summed E-state index contributed by atoms with van der Waals surface area (Å²) in [7, 11) is 1.79. The number of aliphatic hydroxyl groups excluding tert-OH is 1. The number of nitrogens with zero attached hydrogens (tertiary/aromatic N) is 6. The molecule has 4 aromatic rings. The summed E-state index contributed by atoms with van der Waals surface area (Å²) in [4.78, 5) is 40.6. The molecule has 1 saturated heterocycles. The Morgan fingerprint density at radius 3 is 2.75 bits per heavy atom. The molecule has 1 atom stereocenters. The number of H-pyrrole nitrogens is 1. The second-order valence-corrected chi connectivity index (χ2v) is 9.61. The van der Waals surface area contributed by atoms with Gasteiger partial charge in [0.2, 0.25) is 0 Å². The highest BCUT2D eigenvalue weighted by Gasteiger charge is 2.38. The first-order valence-electron chi connectivity index (χ1n) is 12.1. The van der Waals surface area contributed by atoms with Gasteiger partial charge in [-0.15, -0.1) is 0 Å². The number of urea groups is 1. The van der Waals surface area contributed by atoms with E-state index in [4.69, 9.17) is 4.98 Å². The lowest BCUT2D eigenvalue weighted by atomic mass is 9.99. The molecular formula is C26H27N7O3. The summed E-state index contributed by atoms with van der Waals surface area (Å²) in [6.07, 6.45) is 3.84. The first kappa shape index (κ1) is 22.4. The van der Waals surface area contributed by atoms with Crippen molar-refractivity contribution in [3.8, 4) is 11.3 Å². The van der Waals surface area contributed by atoms with Crippen molar-refractivity contribution in [1.82, 2.24) is 30.0 Å². The van der Waals surface area contributed by atoms with E-state index in [1.54, 1.807) is 23.0 Å². The smallest absolute Gasteiger partial charge is 0.324 e. The van der Waals surface area contributed by atoms with Gasteiger partial charge in [0.25, 0.3) is 5.91 Å². The molecule has 0 spiro atoms. The van der Waals surface area contributed by atoms with E-state index in [2.05, 4.69) is 15.2 Å². The van der Waals surface area contributed by atoms with Crippen molar-refractivity contribution in [2.24, 2.45) is 0 Å². The summed E-state index contributed by atoms with van der Waals surface area (Å²) >= 11 is 0.